The highest BCUT2D eigenvalue weighted by Gasteiger charge is 2.08. The van der Waals surface area contributed by atoms with Crippen molar-refractivity contribution in [1.82, 2.24) is 4.90 Å². The van der Waals surface area contributed by atoms with Crippen molar-refractivity contribution in [2.45, 2.75) is 57.8 Å². The third-order valence-corrected chi connectivity index (χ3v) is 3.37. The Hall–Kier alpha value is -0.570. The smallest absolute Gasteiger partial charge is 0.0905 e. The molecule has 1 saturated heterocycles. The summed E-state index contributed by atoms with van der Waals surface area (Å²) in [5.74, 6) is 0.341. The summed E-state index contributed by atoms with van der Waals surface area (Å²) in [5, 5.41) is 7.12. The lowest BCUT2D eigenvalue weighted by Crippen LogP contribution is -2.30. The number of nitrogens with two attached hydrogens (primary N) is 1. The summed E-state index contributed by atoms with van der Waals surface area (Å²) in [4.78, 5) is 2.61. The molecule has 0 amide bonds. The largest absolute Gasteiger partial charge is 0.388 e. The van der Waals surface area contributed by atoms with E-state index in [1.165, 1.54) is 64.6 Å². The van der Waals surface area contributed by atoms with E-state index in [1.54, 1.807) is 0 Å². The van der Waals surface area contributed by atoms with Crippen LogP contribution in [-0.4, -0.2) is 30.4 Å². The molecule has 0 aromatic rings. The number of unbranched alkanes of at least 4 members (excludes halogenated alkanes) is 4. The SMILES string of the molecule is N=C(N)CCCCCCCN1CCCCC1. The molecule has 1 heterocycles. The fourth-order valence-corrected chi connectivity index (χ4v) is 2.36. The quantitative estimate of drug-likeness (QED) is 0.379. The Kier molecular flexibility index (Phi) is 7.23. The Morgan fingerprint density at radius 2 is 1.56 bits per heavy atom. The predicted octanol–water partition coefficient (Wildman–Crippen LogP) is 2.75. The first-order valence-corrected chi connectivity index (χ1v) is 6.84. The highest BCUT2D eigenvalue weighted by molar-refractivity contribution is 5.76. The van der Waals surface area contributed by atoms with Gasteiger partial charge in [-0.25, -0.2) is 0 Å². The van der Waals surface area contributed by atoms with Crippen molar-refractivity contribution < 1.29 is 0 Å². The lowest BCUT2D eigenvalue weighted by atomic mass is 10.1. The second kappa shape index (κ2) is 8.57. The predicted molar refractivity (Wildman–Crippen MR) is 69.9 cm³/mol. The minimum absolute atomic E-state index is 0.341. The van der Waals surface area contributed by atoms with Crippen molar-refractivity contribution in [1.29, 1.82) is 5.41 Å². The van der Waals surface area contributed by atoms with E-state index in [0.29, 0.717) is 5.84 Å². The Morgan fingerprint density at radius 3 is 2.25 bits per heavy atom. The minimum Gasteiger partial charge on any atom is -0.388 e. The highest BCUT2D eigenvalue weighted by atomic mass is 15.1. The van der Waals surface area contributed by atoms with Gasteiger partial charge >= 0.3 is 0 Å². The fraction of sp³-hybridized carbons (Fsp3) is 0.923. The lowest BCUT2D eigenvalue weighted by Gasteiger charge is -2.26. The second-order valence-corrected chi connectivity index (χ2v) is 4.95. The molecule has 0 radical (unpaired) electrons. The summed E-state index contributed by atoms with van der Waals surface area (Å²) in [6.45, 7) is 3.95. The normalized spacial score (nSPS) is 17.5. The molecule has 3 N–H and O–H groups in total. The van der Waals surface area contributed by atoms with Gasteiger partial charge < -0.3 is 10.6 Å². The molecule has 3 heteroatoms. The van der Waals surface area contributed by atoms with Crippen LogP contribution in [0.5, 0.6) is 0 Å². The third kappa shape index (κ3) is 6.83. The summed E-state index contributed by atoms with van der Waals surface area (Å²) >= 11 is 0. The average Bonchev–Trinajstić information content (AvgIpc) is 2.29. The molecule has 0 aromatic heterocycles. The summed E-state index contributed by atoms with van der Waals surface area (Å²) in [6.07, 6.45) is 11.3. The van der Waals surface area contributed by atoms with Gasteiger partial charge in [0.05, 0.1) is 5.84 Å². The molecule has 1 aliphatic rings. The van der Waals surface area contributed by atoms with Gasteiger partial charge in [0.15, 0.2) is 0 Å². The third-order valence-electron chi connectivity index (χ3n) is 3.37. The van der Waals surface area contributed by atoms with E-state index >= 15 is 0 Å². The number of likely N-dealkylation sites (tertiary alicyclic amines) is 1. The van der Waals surface area contributed by atoms with E-state index in [1.807, 2.05) is 0 Å². The first-order chi connectivity index (χ1) is 7.79. The summed E-state index contributed by atoms with van der Waals surface area (Å²) in [7, 11) is 0. The van der Waals surface area contributed by atoms with Crippen molar-refractivity contribution in [3.05, 3.63) is 0 Å². The monoisotopic (exact) mass is 225 g/mol. The van der Waals surface area contributed by atoms with Gasteiger partial charge in [-0.3, -0.25) is 5.41 Å². The summed E-state index contributed by atoms with van der Waals surface area (Å²) < 4.78 is 0. The molecule has 0 unspecified atom stereocenters. The van der Waals surface area contributed by atoms with Crippen molar-refractivity contribution in [2.75, 3.05) is 19.6 Å². The van der Waals surface area contributed by atoms with Crippen LogP contribution in [0.3, 0.4) is 0 Å². The molecule has 0 saturated carbocycles. The molecule has 0 spiro atoms. The van der Waals surface area contributed by atoms with Crippen LogP contribution in [0.1, 0.15) is 57.8 Å². The maximum absolute atomic E-state index is 7.12. The number of nitrogens with zero attached hydrogens (tertiary/aromatic N) is 1. The Morgan fingerprint density at radius 1 is 0.938 bits per heavy atom. The molecular formula is C13H27N3. The van der Waals surface area contributed by atoms with E-state index < -0.39 is 0 Å². The topological polar surface area (TPSA) is 53.1 Å². The molecule has 3 nitrogen and oxygen atoms in total. The van der Waals surface area contributed by atoms with Crippen molar-refractivity contribution >= 4 is 5.84 Å². The van der Waals surface area contributed by atoms with Gasteiger partial charge in [0.25, 0.3) is 0 Å². The van der Waals surface area contributed by atoms with Gasteiger partial charge in [-0.05, 0) is 45.3 Å². The van der Waals surface area contributed by atoms with Gasteiger partial charge in [-0.15, -0.1) is 0 Å². The zero-order valence-electron chi connectivity index (χ0n) is 10.5. The van der Waals surface area contributed by atoms with Gasteiger partial charge in [0.1, 0.15) is 0 Å². The van der Waals surface area contributed by atoms with E-state index in [4.69, 9.17) is 11.1 Å². The Balaban J connectivity index is 1.82. The van der Waals surface area contributed by atoms with Gasteiger partial charge in [-0.2, -0.15) is 0 Å². The summed E-state index contributed by atoms with van der Waals surface area (Å²) in [6, 6.07) is 0. The zero-order chi connectivity index (χ0) is 11.6. The van der Waals surface area contributed by atoms with Crippen LogP contribution in [0.25, 0.3) is 0 Å². The van der Waals surface area contributed by atoms with E-state index in [-0.39, 0.29) is 0 Å². The van der Waals surface area contributed by atoms with Crippen LogP contribution in [0.4, 0.5) is 0 Å². The van der Waals surface area contributed by atoms with E-state index in [0.717, 1.165) is 12.8 Å². The lowest BCUT2D eigenvalue weighted by molar-refractivity contribution is 0.224. The minimum atomic E-state index is 0.341. The van der Waals surface area contributed by atoms with Crippen LogP contribution in [0, 0.1) is 5.41 Å². The molecule has 1 rings (SSSR count). The average molecular weight is 225 g/mol. The van der Waals surface area contributed by atoms with Crippen LogP contribution >= 0.6 is 0 Å². The summed E-state index contributed by atoms with van der Waals surface area (Å²) in [5.41, 5.74) is 5.31. The van der Waals surface area contributed by atoms with Gasteiger partial charge in [-0.1, -0.05) is 25.7 Å². The molecule has 1 aliphatic heterocycles. The zero-order valence-corrected chi connectivity index (χ0v) is 10.5. The van der Waals surface area contributed by atoms with E-state index in [2.05, 4.69) is 4.90 Å². The molecule has 94 valence electrons. The number of amidine groups is 1. The van der Waals surface area contributed by atoms with Crippen LogP contribution in [0.2, 0.25) is 0 Å². The van der Waals surface area contributed by atoms with E-state index in [9.17, 15) is 0 Å². The first-order valence-electron chi connectivity index (χ1n) is 6.84. The second-order valence-electron chi connectivity index (χ2n) is 4.95. The number of hydrogen-bond acceptors (Lipinski definition) is 2. The first kappa shape index (κ1) is 13.5. The number of hydrogen-bond donors (Lipinski definition) is 2. The Labute approximate surface area is 99.9 Å². The van der Waals surface area contributed by atoms with Crippen LogP contribution < -0.4 is 5.73 Å². The van der Waals surface area contributed by atoms with Gasteiger partial charge in [0.2, 0.25) is 0 Å². The van der Waals surface area contributed by atoms with Gasteiger partial charge in [0, 0.05) is 6.42 Å². The van der Waals surface area contributed by atoms with Crippen LogP contribution in [-0.2, 0) is 0 Å². The van der Waals surface area contributed by atoms with Crippen molar-refractivity contribution in [2.24, 2.45) is 5.73 Å². The Bertz CT molecular complexity index is 186. The number of piperidine rings is 1. The molecular weight excluding hydrogens is 198 g/mol. The molecule has 0 aliphatic carbocycles. The van der Waals surface area contributed by atoms with Crippen LogP contribution in [0.15, 0.2) is 0 Å². The molecule has 16 heavy (non-hydrogen) atoms. The molecule has 0 bridgehead atoms. The fourth-order valence-electron chi connectivity index (χ4n) is 2.36. The highest BCUT2D eigenvalue weighted by Crippen LogP contribution is 2.11. The maximum Gasteiger partial charge on any atom is 0.0905 e. The van der Waals surface area contributed by atoms with Crippen molar-refractivity contribution in [3.63, 3.8) is 0 Å². The maximum atomic E-state index is 7.12. The standard InChI is InChI=1S/C13H27N3/c14-13(15)9-5-2-1-3-6-10-16-11-7-4-8-12-16/h1-12H2,(H3,14,15). The van der Waals surface area contributed by atoms with Crippen molar-refractivity contribution in [3.8, 4) is 0 Å². The number of nitrogens with one attached hydrogen (secondary N) is 1. The molecule has 0 aromatic carbocycles. The molecule has 0 atom stereocenters. The number of rotatable bonds is 8. The molecule has 1 fully saturated rings.